The maximum atomic E-state index is 4.39. The summed E-state index contributed by atoms with van der Waals surface area (Å²) in [6.45, 7) is 3.29. The van der Waals surface area contributed by atoms with E-state index in [2.05, 4.69) is 40.3 Å². The van der Waals surface area contributed by atoms with Gasteiger partial charge in [-0.25, -0.2) is 0 Å². The Bertz CT molecular complexity index is 783. The van der Waals surface area contributed by atoms with Crippen LogP contribution in [-0.2, 0) is 11.8 Å². The van der Waals surface area contributed by atoms with Crippen LogP contribution in [0.15, 0.2) is 18.2 Å². The van der Waals surface area contributed by atoms with Gasteiger partial charge in [-0.2, -0.15) is 0 Å². The minimum absolute atomic E-state index is 0.429. The number of aromatic nitrogens is 2. The van der Waals surface area contributed by atoms with E-state index in [0.717, 1.165) is 22.0 Å². The highest BCUT2D eigenvalue weighted by atomic mass is 32.1. The Morgan fingerprint density at radius 1 is 1.21 bits per heavy atom. The summed E-state index contributed by atoms with van der Waals surface area (Å²) in [4.78, 5) is 2.64. The van der Waals surface area contributed by atoms with Crippen LogP contribution < -0.4 is 0 Å². The normalized spacial score (nSPS) is 32.2. The van der Waals surface area contributed by atoms with E-state index in [1.165, 1.54) is 50.6 Å². The molecule has 1 aromatic carbocycles. The van der Waals surface area contributed by atoms with E-state index in [4.69, 9.17) is 0 Å². The Balaban J connectivity index is 1.66. The van der Waals surface area contributed by atoms with Gasteiger partial charge in [-0.05, 0) is 69.3 Å². The number of nitrogens with zero attached hydrogens (tertiary/aromatic N) is 3. The first kappa shape index (κ1) is 15.0. The summed E-state index contributed by atoms with van der Waals surface area (Å²) < 4.78 is 0. The second-order valence-corrected chi connectivity index (χ2v) is 9.19. The highest BCUT2D eigenvalue weighted by Gasteiger charge is 2.53. The SMILES string of the molecule is Cc1nnc(-c2ccc3c(c2)[C@]24CCCCC2[C@H](C3)N(C)CC4)s1. The van der Waals surface area contributed by atoms with Crippen LogP contribution in [0.25, 0.3) is 10.6 Å². The fourth-order valence-electron chi connectivity index (χ4n) is 5.74. The molecule has 2 aromatic rings. The van der Waals surface area contributed by atoms with Crippen molar-refractivity contribution >= 4 is 11.3 Å². The van der Waals surface area contributed by atoms with E-state index >= 15 is 0 Å². The number of piperidine rings is 1. The Hall–Kier alpha value is -1.26. The number of likely N-dealkylation sites (tertiary alicyclic amines) is 1. The summed E-state index contributed by atoms with van der Waals surface area (Å²) in [5.41, 5.74) is 4.95. The third-order valence-corrected chi connectivity index (χ3v) is 7.78. The van der Waals surface area contributed by atoms with Crippen LogP contribution in [0.5, 0.6) is 0 Å². The summed E-state index contributed by atoms with van der Waals surface area (Å²) >= 11 is 1.71. The number of likely N-dealkylation sites (N-methyl/N-ethyl adjacent to an activating group) is 1. The van der Waals surface area contributed by atoms with Crippen LogP contribution in [0.2, 0.25) is 0 Å². The van der Waals surface area contributed by atoms with E-state index in [1.807, 2.05) is 6.92 Å². The largest absolute Gasteiger partial charge is 0.303 e. The average Bonchev–Trinajstić information content (AvgIpc) is 3.04. The van der Waals surface area contributed by atoms with Crippen molar-refractivity contribution in [3.63, 3.8) is 0 Å². The zero-order chi connectivity index (χ0) is 16.3. The van der Waals surface area contributed by atoms with Crippen molar-refractivity contribution in [2.24, 2.45) is 5.92 Å². The number of hydrogen-bond donors (Lipinski definition) is 0. The molecular formula is C20H25N3S. The van der Waals surface area contributed by atoms with Crippen molar-refractivity contribution in [1.29, 1.82) is 0 Å². The molecule has 2 fully saturated rings. The Kier molecular flexibility index (Phi) is 3.36. The zero-order valence-corrected chi connectivity index (χ0v) is 15.4. The van der Waals surface area contributed by atoms with Crippen molar-refractivity contribution in [3.05, 3.63) is 34.3 Å². The van der Waals surface area contributed by atoms with Gasteiger partial charge in [0.2, 0.25) is 0 Å². The topological polar surface area (TPSA) is 29.0 Å². The van der Waals surface area contributed by atoms with Crippen molar-refractivity contribution in [3.8, 4) is 10.6 Å². The standard InChI is InChI=1S/C20H25N3S/c1-13-21-22-19(24-13)15-7-6-14-12-18-16-5-3-4-8-20(16,17(14)11-15)9-10-23(18)2/h6-7,11,16,18H,3-5,8-10,12H2,1-2H3/t16?,18-,20-/m0/s1. The predicted octanol–water partition coefficient (Wildman–Crippen LogP) is 4.20. The minimum Gasteiger partial charge on any atom is -0.303 e. The fourth-order valence-corrected chi connectivity index (χ4v) is 6.43. The monoisotopic (exact) mass is 339 g/mol. The molecule has 2 aliphatic carbocycles. The molecule has 2 heterocycles. The molecule has 5 rings (SSSR count). The van der Waals surface area contributed by atoms with Crippen LogP contribution in [0, 0.1) is 12.8 Å². The Labute approximate surface area is 148 Å². The number of rotatable bonds is 1. The van der Waals surface area contributed by atoms with Gasteiger partial charge in [0.15, 0.2) is 0 Å². The third-order valence-electron chi connectivity index (χ3n) is 6.89. The quantitative estimate of drug-likeness (QED) is 0.779. The summed E-state index contributed by atoms with van der Waals surface area (Å²) in [6.07, 6.45) is 8.17. The van der Waals surface area contributed by atoms with Gasteiger partial charge >= 0.3 is 0 Å². The highest BCUT2D eigenvalue weighted by Crippen LogP contribution is 2.55. The molecule has 0 radical (unpaired) electrons. The highest BCUT2D eigenvalue weighted by molar-refractivity contribution is 7.14. The van der Waals surface area contributed by atoms with Crippen LogP contribution in [-0.4, -0.2) is 34.7 Å². The number of aryl methyl sites for hydroxylation is 1. The van der Waals surface area contributed by atoms with E-state index < -0.39 is 0 Å². The number of hydrogen-bond acceptors (Lipinski definition) is 4. The van der Waals surface area contributed by atoms with Gasteiger partial charge in [-0.1, -0.05) is 36.3 Å². The molecular weight excluding hydrogens is 314 g/mol. The van der Waals surface area contributed by atoms with Gasteiger partial charge in [0.25, 0.3) is 0 Å². The lowest BCUT2D eigenvalue weighted by Crippen LogP contribution is -2.59. The number of benzene rings is 1. The van der Waals surface area contributed by atoms with E-state index in [0.29, 0.717) is 5.41 Å². The zero-order valence-electron chi connectivity index (χ0n) is 14.6. The van der Waals surface area contributed by atoms with Crippen molar-refractivity contribution < 1.29 is 0 Å². The van der Waals surface area contributed by atoms with Gasteiger partial charge in [-0.15, -0.1) is 10.2 Å². The van der Waals surface area contributed by atoms with Crippen molar-refractivity contribution in [1.82, 2.24) is 15.1 Å². The van der Waals surface area contributed by atoms with Crippen LogP contribution in [0.4, 0.5) is 0 Å². The fraction of sp³-hybridized carbons (Fsp3) is 0.600. The molecule has 2 bridgehead atoms. The molecule has 126 valence electrons. The lowest BCUT2D eigenvalue weighted by Gasteiger charge is -2.58. The minimum atomic E-state index is 0.429. The maximum absolute atomic E-state index is 4.39. The van der Waals surface area contributed by atoms with Crippen LogP contribution in [0.1, 0.15) is 48.2 Å². The Morgan fingerprint density at radius 2 is 2.12 bits per heavy atom. The van der Waals surface area contributed by atoms with Crippen molar-refractivity contribution in [2.75, 3.05) is 13.6 Å². The summed E-state index contributed by atoms with van der Waals surface area (Å²) in [6, 6.07) is 7.89. The summed E-state index contributed by atoms with van der Waals surface area (Å²) in [7, 11) is 2.34. The molecule has 3 aliphatic rings. The lowest BCUT2D eigenvalue weighted by atomic mass is 9.52. The molecule has 3 atom stereocenters. The molecule has 1 aromatic heterocycles. The van der Waals surface area contributed by atoms with Crippen molar-refractivity contribution in [2.45, 2.75) is 56.9 Å². The van der Waals surface area contributed by atoms with Gasteiger partial charge in [0.05, 0.1) is 0 Å². The number of fused-ring (bicyclic) bond motifs is 1. The molecule has 1 saturated carbocycles. The first-order chi connectivity index (χ1) is 11.7. The van der Waals surface area contributed by atoms with E-state index in [9.17, 15) is 0 Å². The lowest BCUT2D eigenvalue weighted by molar-refractivity contribution is 0.00290. The van der Waals surface area contributed by atoms with Gasteiger partial charge in [0, 0.05) is 17.0 Å². The first-order valence-electron chi connectivity index (χ1n) is 9.31. The maximum Gasteiger partial charge on any atom is 0.147 e. The molecule has 1 saturated heterocycles. The Morgan fingerprint density at radius 3 is 2.96 bits per heavy atom. The molecule has 0 amide bonds. The first-order valence-corrected chi connectivity index (χ1v) is 10.1. The van der Waals surface area contributed by atoms with E-state index in [1.54, 1.807) is 22.5 Å². The summed E-state index contributed by atoms with van der Waals surface area (Å²) in [5.74, 6) is 0.851. The predicted molar refractivity (Wildman–Crippen MR) is 98.5 cm³/mol. The average molecular weight is 340 g/mol. The molecule has 0 N–H and O–H groups in total. The smallest absolute Gasteiger partial charge is 0.147 e. The van der Waals surface area contributed by atoms with Gasteiger partial charge in [-0.3, -0.25) is 0 Å². The molecule has 0 spiro atoms. The second-order valence-electron chi connectivity index (χ2n) is 8.01. The molecule has 4 heteroatoms. The van der Waals surface area contributed by atoms with Crippen LogP contribution in [0.3, 0.4) is 0 Å². The van der Waals surface area contributed by atoms with Gasteiger partial charge < -0.3 is 4.90 Å². The van der Waals surface area contributed by atoms with Gasteiger partial charge in [0.1, 0.15) is 10.0 Å². The third kappa shape index (κ3) is 2.05. The molecule has 1 unspecified atom stereocenters. The van der Waals surface area contributed by atoms with Crippen LogP contribution >= 0.6 is 11.3 Å². The molecule has 3 nitrogen and oxygen atoms in total. The second kappa shape index (κ2) is 5.37. The molecule has 24 heavy (non-hydrogen) atoms. The summed E-state index contributed by atoms with van der Waals surface area (Å²) in [5, 5.41) is 10.7. The van der Waals surface area contributed by atoms with E-state index in [-0.39, 0.29) is 0 Å². The molecule has 1 aliphatic heterocycles.